The zero-order chi connectivity index (χ0) is 13.2. The third-order valence-corrected chi connectivity index (χ3v) is 3.61. The van der Waals surface area contributed by atoms with Gasteiger partial charge in [-0.15, -0.1) is 0 Å². The number of hydrogen-bond donors (Lipinski definition) is 0. The molecule has 0 N–H and O–H groups in total. The van der Waals surface area contributed by atoms with E-state index in [2.05, 4.69) is 25.9 Å². The number of benzene rings is 1. The first-order chi connectivity index (χ1) is 8.45. The standard InChI is InChI=1S/C11H9BrN2O3S/c1-18(15,16)9-4-2-3-8(5-9)17-11-6-10(12)13-7-14-11/h2-7H,1H3. The van der Waals surface area contributed by atoms with E-state index in [9.17, 15) is 8.42 Å². The molecule has 0 spiro atoms. The molecule has 0 unspecified atom stereocenters. The maximum Gasteiger partial charge on any atom is 0.223 e. The molecule has 1 aromatic heterocycles. The molecule has 0 radical (unpaired) electrons. The molecule has 0 amide bonds. The fourth-order valence-corrected chi connectivity index (χ4v) is 2.21. The van der Waals surface area contributed by atoms with Gasteiger partial charge in [-0.2, -0.15) is 0 Å². The minimum Gasteiger partial charge on any atom is -0.439 e. The maximum atomic E-state index is 11.4. The van der Waals surface area contributed by atoms with E-state index in [-0.39, 0.29) is 4.90 Å². The fourth-order valence-electron chi connectivity index (χ4n) is 1.26. The molecule has 5 nitrogen and oxygen atoms in total. The van der Waals surface area contributed by atoms with Gasteiger partial charge in [0.15, 0.2) is 9.84 Å². The third kappa shape index (κ3) is 3.27. The number of halogens is 1. The van der Waals surface area contributed by atoms with Crippen LogP contribution in [0.1, 0.15) is 0 Å². The Morgan fingerprint density at radius 3 is 2.67 bits per heavy atom. The summed E-state index contributed by atoms with van der Waals surface area (Å²) in [6.45, 7) is 0. The van der Waals surface area contributed by atoms with Crippen LogP contribution in [0.3, 0.4) is 0 Å². The van der Waals surface area contributed by atoms with Crippen LogP contribution < -0.4 is 4.74 Å². The van der Waals surface area contributed by atoms with Crippen LogP contribution in [0.15, 0.2) is 46.2 Å². The summed E-state index contributed by atoms with van der Waals surface area (Å²) < 4.78 is 28.8. The summed E-state index contributed by atoms with van der Waals surface area (Å²) in [6.07, 6.45) is 2.49. The molecule has 2 rings (SSSR count). The van der Waals surface area contributed by atoms with Gasteiger partial charge in [-0.05, 0) is 34.1 Å². The minimum atomic E-state index is -3.25. The van der Waals surface area contributed by atoms with Gasteiger partial charge in [-0.25, -0.2) is 18.4 Å². The van der Waals surface area contributed by atoms with E-state index >= 15 is 0 Å². The van der Waals surface area contributed by atoms with Gasteiger partial charge in [0.25, 0.3) is 0 Å². The van der Waals surface area contributed by atoms with Crippen molar-refractivity contribution < 1.29 is 13.2 Å². The van der Waals surface area contributed by atoms with E-state index in [1.807, 2.05) is 0 Å². The molecule has 0 bridgehead atoms. The van der Waals surface area contributed by atoms with Gasteiger partial charge < -0.3 is 4.74 Å². The summed E-state index contributed by atoms with van der Waals surface area (Å²) >= 11 is 3.19. The Bertz CT molecular complexity index is 673. The first-order valence-corrected chi connectivity index (χ1v) is 7.59. The lowest BCUT2D eigenvalue weighted by Gasteiger charge is -2.05. The summed E-state index contributed by atoms with van der Waals surface area (Å²) in [5, 5.41) is 0. The molecule has 1 aromatic carbocycles. The molecule has 2 aromatic rings. The molecule has 0 atom stereocenters. The van der Waals surface area contributed by atoms with Crippen LogP contribution in [0, 0.1) is 0 Å². The molecule has 0 saturated carbocycles. The normalized spacial score (nSPS) is 11.2. The lowest BCUT2D eigenvalue weighted by molar-refractivity contribution is 0.459. The van der Waals surface area contributed by atoms with E-state index < -0.39 is 9.84 Å². The number of sulfone groups is 1. The second kappa shape index (κ2) is 5.03. The SMILES string of the molecule is CS(=O)(=O)c1cccc(Oc2cc(Br)ncn2)c1. The molecule has 0 fully saturated rings. The summed E-state index contributed by atoms with van der Waals surface area (Å²) in [7, 11) is -3.25. The lowest BCUT2D eigenvalue weighted by atomic mass is 10.3. The van der Waals surface area contributed by atoms with Crippen LogP contribution in [0.2, 0.25) is 0 Å². The Kier molecular flexibility index (Phi) is 3.63. The number of hydrogen-bond acceptors (Lipinski definition) is 5. The summed E-state index contributed by atoms with van der Waals surface area (Å²) in [6, 6.07) is 7.82. The quantitative estimate of drug-likeness (QED) is 0.809. The molecule has 94 valence electrons. The van der Waals surface area contributed by atoms with Crippen molar-refractivity contribution in [3.05, 3.63) is 41.3 Å². The Morgan fingerprint density at radius 2 is 2.00 bits per heavy atom. The number of nitrogens with zero attached hydrogens (tertiary/aromatic N) is 2. The van der Waals surface area contributed by atoms with Crippen molar-refractivity contribution in [3.63, 3.8) is 0 Å². The Balaban J connectivity index is 2.30. The van der Waals surface area contributed by atoms with Crippen LogP contribution in [0.5, 0.6) is 11.6 Å². The zero-order valence-corrected chi connectivity index (χ0v) is 11.8. The van der Waals surface area contributed by atoms with Crippen LogP contribution in [0.25, 0.3) is 0 Å². The van der Waals surface area contributed by atoms with Gasteiger partial charge in [-0.1, -0.05) is 6.07 Å². The first-order valence-electron chi connectivity index (χ1n) is 4.91. The monoisotopic (exact) mass is 328 g/mol. The second-order valence-corrected chi connectivity index (χ2v) is 6.36. The molecule has 18 heavy (non-hydrogen) atoms. The molecule has 7 heteroatoms. The average Bonchev–Trinajstić information content (AvgIpc) is 2.28. The highest BCUT2D eigenvalue weighted by Crippen LogP contribution is 2.23. The van der Waals surface area contributed by atoms with Gasteiger partial charge in [0.05, 0.1) is 4.90 Å². The highest BCUT2D eigenvalue weighted by molar-refractivity contribution is 9.10. The highest BCUT2D eigenvalue weighted by Gasteiger charge is 2.08. The second-order valence-electron chi connectivity index (χ2n) is 3.53. The van der Waals surface area contributed by atoms with Crippen molar-refractivity contribution in [1.82, 2.24) is 9.97 Å². The van der Waals surface area contributed by atoms with Crippen LogP contribution in [0.4, 0.5) is 0 Å². The largest absolute Gasteiger partial charge is 0.439 e. The highest BCUT2D eigenvalue weighted by atomic mass is 79.9. The van der Waals surface area contributed by atoms with E-state index in [1.165, 1.54) is 18.5 Å². The van der Waals surface area contributed by atoms with Crippen molar-refractivity contribution in [2.75, 3.05) is 6.26 Å². The smallest absolute Gasteiger partial charge is 0.223 e. The number of ether oxygens (including phenoxy) is 1. The van der Waals surface area contributed by atoms with Crippen molar-refractivity contribution in [2.45, 2.75) is 4.90 Å². The number of aromatic nitrogens is 2. The van der Waals surface area contributed by atoms with Gasteiger partial charge in [0.2, 0.25) is 5.88 Å². The molecular weight excluding hydrogens is 320 g/mol. The summed E-state index contributed by atoms with van der Waals surface area (Å²) in [4.78, 5) is 7.98. The Morgan fingerprint density at radius 1 is 1.22 bits per heavy atom. The van der Waals surface area contributed by atoms with Gasteiger partial charge in [0.1, 0.15) is 16.7 Å². The van der Waals surface area contributed by atoms with Crippen LogP contribution in [-0.4, -0.2) is 24.6 Å². The van der Waals surface area contributed by atoms with E-state index in [0.29, 0.717) is 16.2 Å². The van der Waals surface area contributed by atoms with E-state index in [1.54, 1.807) is 18.2 Å². The maximum absolute atomic E-state index is 11.4. The van der Waals surface area contributed by atoms with Gasteiger partial charge >= 0.3 is 0 Å². The van der Waals surface area contributed by atoms with Crippen LogP contribution in [-0.2, 0) is 9.84 Å². The first kappa shape index (κ1) is 13.0. The molecule has 1 heterocycles. The Hall–Kier alpha value is -1.47. The molecule has 0 saturated heterocycles. The van der Waals surface area contributed by atoms with Crippen molar-refractivity contribution in [3.8, 4) is 11.6 Å². The molecule has 0 aliphatic carbocycles. The van der Waals surface area contributed by atoms with Crippen LogP contribution >= 0.6 is 15.9 Å². The number of rotatable bonds is 3. The summed E-state index contributed by atoms with van der Waals surface area (Å²) in [5.74, 6) is 0.742. The van der Waals surface area contributed by atoms with Crippen molar-refractivity contribution in [1.29, 1.82) is 0 Å². The average molecular weight is 329 g/mol. The Labute approximate surface area is 113 Å². The van der Waals surface area contributed by atoms with Gasteiger partial charge in [0, 0.05) is 12.3 Å². The lowest BCUT2D eigenvalue weighted by Crippen LogP contribution is -1.97. The van der Waals surface area contributed by atoms with E-state index in [0.717, 1.165) is 6.26 Å². The van der Waals surface area contributed by atoms with Gasteiger partial charge in [-0.3, -0.25) is 0 Å². The molecular formula is C11H9BrN2O3S. The zero-order valence-electron chi connectivity index (χ0n) is 9.37. The predicted molar refractivity (Wildman–Crippen MR) is 69.4 cm³/mol. The fraction of sp³-hybridized carbons (Fsp3) is 0.0909. The summed E-state index contributed by atoms with van der Waals surface area (Å²) in [5.41, 5.74) is 0. The predicted octanol–water partition coefficient (Wildman–Crippen LogP) is 2.43. The molecule has 0 aliphatic rings. The van der Waals surface area contributed by atoms with Crippen molar-refractivity contribution in [2.24, 2.45) is 0 Å². The minimum absolute atomic E-state index is 0.202. The van der Waals surface area contributed by atoms with Crippen molar-refractivity contribution >= 4 is 25.8 Å². The molecule has 0 aliphatic heterocycles. The third-order valence-electron chi connectivity index (χ3n) is 2.06. The topological polar surface area (TPSA) is 69.2 Å². The van der Waals surface area contributed by atoms with E-state index in [4.69, 9.17) is 4.74 Å².